The van der Waals surface area contributed by atoms with E-state index in [1.165, 1.54) is 0 Å². The molecule has 0 aliphatic carbocycles. The predicted molar refractivity (Wildman–Crippen MR) is 151 cm³/mol. The lowest BCUT2D eigenvalue weighted by Crippen LogP contribution is -2.37. The maximum absolute atomic E-state index is 10.9. The Labute approximate surface area is 235 Å². The van der Waals surface area contributed by atoms with Crippen molar-refractivity contribution in [3.8, 4) is 23.1 Å². The molecule has 5 rings (SSSR count). The summed E-state index contributed by atoms with van der Waals surface area (Å²) in [5, 5.41) is 23.5. The van der Waals surface area contributed by atoms with Crippen LogP contribution in [0.15, 0.2) is 42.9 Å². The zero-order valence-corrected chi connectivity index (χ0v) is 23.3. The summed E-state index contributed by atoms with van der Waals surface area (Å²) >= 11 is 0. The summed E-state index contributed by atoms with van der Waals surface area (Å²) in [6.07, 6.45) is 5.80. The maximum Gasteiger partial charge on any atom is 0.237 e. The van der Waals surface area contributed by atoms with Crippen LogP contribution in [0.1, 0.15) is 49.9 Å². The van der Waals surface area contributed by atoms with E-state index in [2.05, 4.69) is 32.3 Å². The summed E-state index contributed by atoms with van der Waals surface area (Å²) in [6.45, 7) is 9.83. The highest BCUT2D eigenvalue weighted by Crippen LogP contribution is 2.35. The van der Waals surface area contributed by atoms with E-state index < -0.39 is 11.6 Å². The third-order valence-corrected chi connectivity index (χ3v) is 7.39. The molecule has 0 amide bonds. The van der Waals surface area contributed by atoms with Gasteiger partial charge in [-0.05, 0) is 50.6 Å². The van der Waals surface area contributed by atoms with Gasteiger partial charge in [0.05, 0.1) is 55.5 Å². The first-order valence-corrected chi connectivity index (χ1v) is 13.7. The molecule has 3 aromatic rings. The third-order valence-electron chi connectivity index (χ3n) is 7.39. The lowest BCUT2D eigenvalue weighted by atomic mass is 9.86. The van der Waals surface area contributed by atoms with Crippen molar-refractivity contribution >= 4 is 11.4 Å². The predicted octanol–water partition coefficient (Wildman–Crippen LogP) is 4.15. The first-order chi connectivity index (χ1) is 19.3. The number of aliphatic hydroxyl groups is 1. The second kappa shape index (κ2) is 12.2. The Hall–Kier alpha value is -3.78. The number of morpholine rings is 1. The summed E-state index contributed by atoms with van der Waals surface area (Å²) in [7, 11) is 0. The molecule has 10 nitrogen and oxygen atoms in total. The van der Waals surface area contributed by atoms with E-state index in [1.54, 1.807) is 24.5 Å². The third kappa shape index (κ3) is 6.33. The Morgan fingerprint density at radius 2 is 1.82 bits per heavy atom. The molecule has 2 aliphatic rings. The molecule has 1 unspecified atom stereocenters. The van der Waals surface area contributed by atoms with E-state index in [0.717, 1.165) is 54.0 Å². The van der Waals surface area contributed by atoms with Gasteiger partial charge in [-0.25, -0.2) is 4.98 Å². The van der Waals surface area contributed by atoms with Crippen molar-refractivity contribution in [3.05, 3.63) is 59.8 Å². The molecule has 1 atom stereocenters. The highest BCUT2D eigenvalue weighted by molar-refractivity contribution is 5.74. The number of aliphatic hydroxyl groups excluding tert-OH is 1. The molecule has 0 radical (unpaired) electrons. The molecule has 2 saturated heterocycles. The van der Waals surface area contributed by atoms with Crippen LogP contribution in [-0.4, -0.2) is 65.7 Å². The van der Waals surface area contributed by atoms with Crippen LogP contribution in [0.25, 0.3) is 11.1 Å². The maximum atomic E-state index is 10.9. The van der Waals surface area contributed by atoms with Gasteiger partial charge in [-0.2, -0.15) is 5.26 Å². The fourth-order valence-electron chi connectivity index (χ4n) is 4.85. The summed E-state index contributed by atoms with van der Waals surface area (Å²) in [5.41, 5.74) is 4.72. The van der Waals surface area contributed by atoms with Crippen LogP contribution < -0.4 is 15.0 Å². The van der Waals surface area contributed by atoms with Crippen molar-refractivity contribution in [2.45, 2.75) is 51.4 Å². The van der Waals surface area contributed by atoms with Gasteiger partial charge in [-0.1, -0.05) is 0 Å². The number of hydrogen-bond acceptors (Lipinski definition) is 10. The first-order valence-electron chi connectivity index (χ1n) is 13.7. The molecular weight excluding hydrogens is 508 g/mol. The Morgan fingerprint density at radius 1 is 1.07 bits per heavy atom. The van der Waals surface area contributed by atoms with E-state index in [-0.39, 0.29) is 6.10 Å². The van der Waals surface area contributed by atoms with Gasteiger partial charge < -0.3 is 29.5 Å². The van der Waals surface area contributed by atoms with Gasteiger partial charge in [-0.15, -0.1) is 0 Å². The van der Waals surface area contributed by atoms with Gasteiger partial charge in [0.1, 0.15) is 11.8 Å². The Morgan fingerprint density at radius 3 is 2.58 bits per heavy atom. The molecule has 2 aliphatic heterocycles. The summed E-state index contributed by atoms with van der Waals surface area (Å²) in [4.78, 5) is 15.9. The molecule has 0 aromatic carbocycles. The number of nitriles is 1. The van der Waals surface area contributed by atoms with E-state index in [4.69, 9.17) is 19.2 Å². The average molecular weight is 545 g/mol. The van der Waals surface area contributed by atoms with E-state index in [1.807, 2.05) is 33.0 Å². The smallest absolute Gasteiger partial charge is 0.237 e. The number of nitrogens with zero attached hydrogens (tertiary/aromatic N) is 5. The van der Waals surface area contributed by atoms with Crippen LogP contribution >= 0.6 is 0 Å². The quantitative estimate of drug-likeness (QED) is 0.400. The lowest BCUT2D eigenvalue weighted by molar-refractivity contribution is 0.0238. The number of pyridine rings is 3. The number of nitrogens with one attached hydrogen (secondary N) is 1. The number of anilines is 2. The molecule has 210 valence electrons. The lowest BCUT2D eigenvalue weighted by Gasteiger charge is -2.31. The molecule has 3 aromatic heterocycles. The number of aromatic nitrogens is 3. The second-order valence-corrected chi connectivity index (χ2v) is 10.7. The topological polar surface area (TPSA) is 126 Å². The average Bonchev–Trinajstić information content (AvgIpc) is 2.99. The molecule has 0 saturated carbocycles. The van der Waals surface area contributed by atoms with Crippen LogP contribution in [0.2, 0.25) is 0 Å². The van der Waals surface area contributed by atoms with Crippen molar-refractivity contribution in [3.63, 3.8) is 0 Å². The Balaban J connectivity index is 1.41. The highest BCUT2D eigenvalue weighted by atomic mass is 16.5. The fourth-order valence-corrected chi connectivity index (χ4v) is 4.85. The fraction of sp³-hybridized carbons (Fsp3) is 0.467. The molecule has 0 spiro atoms. The molecule has 2 fully saturated rings. The van der Waals surface area contributed by atoms with Crippen molar-refractivity contribution in [1.29, 1.82) is 5.26 Å². The SMILES string of the molecule is Cc1ncc(NC(O)c2cc(C(C)(C)C#N)ccn2)cc1-c1cnc(OC2CCOCC2)c(N2CCOCC2)c1. The zero-order chi connectivity index (χ0) is 28.1. The van der Waals surface area contributed by atoms with Crippen LogP contribution in [0.5, 0.6) is 5.88 Å². The number of rotatable bonds is 8. The minimum Gasteiger partial charge on any atom is -0.473 e. The van der Waals surface area contributed by atoms with Crippen LogP contribution in [-0.2, 0) is 14.9 Å². The number of hydrogen-bond donors (Lipinski definition) is 2. The minimum absolute atomic E-state index is 0.0788. The molecule has 2 N–H and O–H groups in total. The molecule has 40 heavy (non-hydrogen) atoms. The normalized spacial score (nSPS) is 17.2. The molecule has 0 bridgehead atoms. The van der Waals surface area contributed by atoms with Crippen molar-refractivity contribution < 1.29 is 19.3 Å². The standard InChI is InChI=1S/C30H36N6O4/c1-20-25(16-23(18-33-20)35-28(37)26-15-22(4-7-32-26)30(2,3)19-31)21-14-27(36-8-12-39-13-9-36)29(34-17-21)40-24-5-10-38-11-6-24/h4,7,14-18,24,28,35,37H,5-6,8-13H2,1-3H3. The molecule has 5 heterocycles. The van der Waals surface area contributed by atoms with Gasteiger partial charge in [0.15, 0.2) is 6.23 Å². The highest BCUT2D eigenvalue weighted by Gasteiger charge is 2.24. The van der Waals surface area contributed by atoms with Gasteiger partial charge in [0.2, 0.25) is 5.88 Å². The molecule has 10 heteroatoms. The van der Waals surface area contributed by atoms with E-state index in [0.29, 0.717) is 43.7 Å². The van der Waals surface area contributed by atoms with Crippen molar-refractivity contribution in [1.82, 2.24) is 15.0 Å². The van der Waals surface area contributed by atoms with Gasteiger partial charge in [0, 0.05) is 55.1 Å². The van der Waals surface area contributed by atoms with E-state index >= 15 is 0 Å². The zero-order valence-electron chi connectivity index (χ0n) is 23.3. The summed E-state index contributed by atoms with van der Waals surface area (Å²) in [6, 6.07) is 9.89. The summed E-state index contributed by atoms with van der Waals surface area (Å²) < 4.78 is 17.4. The Bertz CT molecular complexity index is 1360. The van der Waals surface area contributed by atoms with Crippen molar-refractivity contribution in [2.75, 3.05) is 49.7 Å². The minimum atomic E-state index is -1.08. The monoisotopic (exact) mass is 544 g/mol. The van der Waals surface area contributed by atoms with Crippen molar-refractivity contribution in [2.24, 2.45) is 0 Å². The van der Waals surface area contributed by atoms with E-state index in [9.17, 15) is 10.4 Å². The number of ether oxygens (including phenoxy) is 3. The Kier molecular flexibility index (Phi) is 8.45. The first kappa shape index (κ1) is 27.8. The van der Waals surface area contributed by atoms with Crippen LogP contribution in [0.4, 0.5) is 11.4 Å². The van der Waals surface area contributed by atoms with Crippen LogP contribution in [0, 0.1) is 18.3 Å². The van der Waals surface area contributed by atoms with Gasteiger partial charge in [0.25, 0.3) is 0 Å². The van der Waals surface area contributed by atoms with Gasteiger partial charge >= 0.3 is 0 Å². The van der Waals surface area contributed by atoms with Crippen LogP contribution in [0.3, 0.4) is 0 Å². The second-order valence-electron chi connectivity index (χ2n) is 10.7. The van der Waals surface area contributed by atoms with Gasteiger partial charge in [-0.3, -0.25) is 9.97 Å². The molecular formula is C30H36N6O4. The largest absolute Gasteiger partial charge is 0.473 e. The number of aryl methyl sites for hydroxylation is 1. The summed E-state index contributed by atoms with van der Waals surface area (Å²) in [5.74, 6) is 0.624.